The Balaban J connectivity index is 2.30. The fraction of sp³-hybridized carbons (Fsp3) is 0.250. The average Bonchev–Trinajstić information content (AvgIpc) is 2.38. The number of halogens is 2. The molecule has 0 aromatic heterocycles. The molecule has 2 aromatic carbocycles. The summed E-state index contributed by atoms with van der Waals surface area (Å²) in [5.41, 5.74) is 9.57. The van der Waals surface area contributed by atoms with Crippen molar-refractivity contribution < 1.29 is 4.39 Å². The van der Waals surface area contributed by atoms with Gasteiger partial charge >= 0.3 is 0 Å². The number of benzene rings is 2. The zero-order valence-corrected chi connectivity index (χ0v) is 13.2. The van der Waals surface area contributed by atoms with Gasteiger partial charge in [-0.15, -0.1) is 0 Å². The first-order chi connectivity index (χ1) is 8.99. The molecule has 2 aromatic rings. The van der Waals surface area contributed by atoms with Crippen LogP contribution in [0.3, 0.4) is 0 Å². The lowest BCUT2D eigenvalue weighted by atomic mass is 9.96. The standard InChI is InChI=1S/C16H17FIN/c1-10(2)11-3-5-12(6-4-11)16(19)14-8-7-13(17)9-15(14)18/h3-10,16H,19H2,1-2H3. The van der Waals surface area contributed by atoms with E-state index in [4.69, 9.17) is 5.73 Å². The molecule has 0 saturated heterocycles. The maximum atomic E-state index is 13.1. The van der Waals surface area contributed by atoms with Gasteiger partial charge in [0.05, 0.1) is 6.04 Å². The summed E-state index contributed by atoms with van der Waals surface area (Å²) in [6.45, 7) is 4.33. The molecule has 3 heteroatoms. The van der Waals surface area contributed by atoms with Gasteiger partial charge in [-0.05, 0) is 57.3 Å². The molecule has 0 aliphatic carbocycles. The van der Waals surface area contributed by atoms with Crippen molar-refractivity contribution >= 4 is 22.6 Å². The van der Waals surface area contributed by atoms with Gasteiger partial charge in [0.25, 0.3) is 0 Å². The molecule has 0 saturated carbocycles. The lowest BCUT2D eigenvalue weighted by Crippen LogP contribution is -2.13. The summed E-state index contributed by atoms with van der Waals surface area (Å²) in [6.07, 6.45) is 0. The van der Waals surface area contributed by atoms with Gasteiger partial charge in [-0.25, -0.2) is 4.39 Å². The van der Waals surface area contributed by atoms with Crippen molar-refractivity contribution in [2.45, 2.75) is 25.8 Å². The Labute approximate surface area is 127 Å². The number of hydrogen-bond donors (Lipinski definition) is 1. The third kappa shape index (κ3) is 3.34. The third-order valence-electron chi connectivity index (χ3n) is 3.26. The minimum absolute atomic E-state index is 0.214. The van der Waals surface area contributed by atoms with E-state index in [1.165, 1.54) is 17.7 Å². The van der Waals surface area contributed by atoms with E-state index in [0.717, 1.165) is 14.7 Å². The van der Waals surface area contributed by atoms with Crippen molar-refractivity contribution in [1.29, 1.82) is 0 Å². The van der Waals surface area contributed by atoms with Crippen LogP contribution in [-0.2, 0) is 0 Å². The fourth-order valence-corrected chi connectivity index (χ4v) is 2.83. The van der Waals surface area contributed by atoms with Crippen molar-refractivity contribution in [2.75, 3.05) is 0 Å². The van der Waals surface area contributed by atoms with Crippen LogP contribution in [0, 0.1) is 9.39 Å². The highest BCUT2D eigenvalue weighted by Crippen LogP contribution is 2.26. The zero-order valence-electron chi connectivity index (χ0n) is 11.0. The van der Waals surface area contributed by atoms with Gasteiger partial charge in [-0.3, -0.25) is 0 Å². The van der Waals surface area contributed by atoms with Gasteiger partial charge in [0.15, 0.2) is 0 Å². The quantitative estimate of drug-likeness (QED) is 0.787. The van der Waals surface area contributed by atoms with Gasteiger partial charge < -0.3 is 5.73 Å². The summed E-state index contributed by atoms with van der Waals surface area (Å²) in [7, 11) is 0. The van der Waals surface area contributed by atoms with Crippen molar-refractivity contribution in [2.24, 2.45) is 5.73 Å². The van der Waals surface area contributed by atoms with Crippen LogP contribution in [0.25, 0.3) is 0 Å². The van der Waals surface area contributed by atoms with Crippen LogP contribution in [0.2, 0.25) is 0 Å². The molecule has 0 amide bonds. The highest BCUT2D eigenvalue weighted by Gasteiger charge is 2.13. The normalized spacial score (nSPS) is 12.7. The van der Waals surface area contributed by atoms with Crippen LogP contribution in [0.1, 0.15) is 42.5 Å². The second-order valence-corrected chi connectivity index (χ2v) is 6.13. The Morgan fingerprint density at radius 3 is 2.11 bits per heavy atom. The Morgan fingerprint density at radius 2 is 1.58 bits per heavy atom. The van der Waals surface area contributed by atoms with Crippen molar-refractivity contribution in [3.63, 3.8) is 0 Å². The zero-order chi connectivity index (χ0) is 14.0. The maximum Gasteiger partial charge on any atom is 0.124 e. The highest BCUT2D eigenvalue weighted by molar-refractivity contribution is 14.1. The Hall–Kier alpha value is -0.940. The first-order valence-electron chi connectivity index (χ1n) is 6.29. The molecule has 0 aliphatic rings. The Bertz CT molecular complexity index is 563. The van der Waals surface area contributed by atoms with E-state index in [-0.39, 0.29) is 11.9 Å². The van der Waals surface area contributed by atoms with Crippen LogP contribution in [0.5, 0.6) is 0 Å². The minimum atomic E-state index is -0.226. The largest absolute Gasteiger partial charge is 0.320 e. The summed E-state index contributed by atoms with van der Waals surface area (Å²) in [6, 6.07) is 12.8. The molecular formula is C16H17FIN. The molecule has 1 atom stereocenters. The van der Waals surface area contributed by atoms with E-state index in [0.29, 0.717) is 5.92 Å². The maximum absolute atomic E-state index is 13.1. The monoisotopic (exact) mass is 369 g/mol. The van der Waals surface area contributed by atoms with Crippen LogP contribution >= 0.6 is 22.6 Å². The summed E-state index contributed by atoms with van der Waals surface area (Å²) in [5.74, 6) is 0.284. The van der Waals surface area contributed by atoms with Gasteiger partial charge in [-0.2, -0.15) is 0 Å². The molecule has 1 nitrogen and oxygen atoms in total. The highest BCUT2D eigenvalue weighted by atomic mass is 127. The molecule has 19 heavy (non-hydrogen) atoms. The van der Waals surface area contributed by atoms with Crippen molar-refractivity contribution in [1.82, 2.24) is 0 Å². The van der Waals surface area contributed by atoms with Crippen LogP contribution in [0.15, 0.2) is 42.5 Å². The molecule has 0 bridgehead atoms. The summed E-state index contributed by atoms with van der Waals surface area (Å²) < 4.78 is 14.0. The molecule has 0 spiro atoms. The fourth-order valence-electron chi connectivity index (χ4n) is 2.02. The third-order valence-corrected chi connectivity index (χ3v) is 4.19. The molecule has 0 aliphatic heterocycles. The van der Waals surface area contributed by atoms with E-state index >= 15 is 0 Å². The predicted molar refractivity (Wildman–Crippen MR) is 85.7 cm³/mol. The Kier molecular flexibility index (Phi) is 4.58. The number of hydrogen-bond acceptors (Lipinski definition) is 1. The molecule has 0 heterocycles. The molecule has 0 fully saturated rings. The smallest absolute Gasteiger partial charge is 0.124 e. The van der Waals surface area contributed by atoms with Crippen LogP contribution in [0.4, 0.5) is 4.39 Å². The van der Waals surface area contributed by atoms with E-state index in [1.54, 1.807) is 6.07 Å². The SMILES string of the molecule is CC(C)c1ccc(C(N)c2ccc(F)cc2I)cc1. The minimum Gasteiger partial charge on any atom is -0.320 e. The number of nitrogens with two attached hydrogens (primary N) is 1. The molecule has 2 N–H and O–H groups in total. The van der Waals surface area contributed by atoms with Gasteiger partial charge in [0.2, 0.25) is 0 Å². The van der Waals surface area contributed by atoms with E-state index in [1.807, 2.05) is 0 Å². The van der Waals surface area contributed by atoms with Crippen molar-refractivity contribution in [3.05, 3.63) is 68.5 Å². The first-order valence-corrected chi connectivity index (χ1v) is 7.37. The molecular weight excluding hydrogens is 352 g/mol. The lowest BCUT2D eigenvalue weighted by molar-refractivity contribution is 0.625. The Morgan fingerprint density at radius 1 is 1.00 bits per heavy atom. The predicted octanol–water partition coefficient (Wildman–Crippen LogP) is 4.60. The van der Waals surface area contributed by atoms with Gasteiger partial charge in [0.1, 0.15) is 5.82 Å². The van der Waals surface area contributed by atoms with E-state index in [9.17, 15) is 4.39 Å². The molecule has 100 valence electrons. The first kappa shape index (κ1) is 14.5. The van der Waals surface area contributed by atoms with Gasteiger partial charge in [-0.1, -0.05) is 44.2 Å². The lowest BCUT2D eigenvalue weighted by Gasteiger charge is -2.15. The summed E-state index contributed by atoms with van der Waals surface area (Å²) in [4.78, 5) is 0. The van der Waals surface area contributed by atoms with Crippen LogP contribution in [-0.4, -0.2) is 0 Å². The average molecular weight is 369 g/mol. The number of rotatable bonds is 3. The summed E-state index contributed by atoms with van der Waals surface area (Å²) >= 11 is 2.13. The molecule has 1 unspecified atom stereocenters. The van der Waals surface area contributed by atoms with Crippen LogP contribution < -0.4 is 5.73 Å². The molecule has 2 rings (SSSR count). The second-order valence-electron chi connectivity index (χ2n) is 4.96. The molecule has 0 radical (unpaired) electrons. The second kappa shape index (κ2) is 6.01. The van der Waals surface area contributed by atoms with Gasteiger partial charge in [0, 0.05) is 3.57 Å². The van der Waals surface area contributed by atoms with Crippen molar-refractivity contribution in [3.8, 4) is 0 Å². The summed E-state index contributed by atoms with van der Waals surface area (Å²) in [5, 5.41) is 0. The van der Waals surface area contributed by atoms with E-state index in [2.05, 4.69) is 60.7 Å². The van der Waals surface area contributed by atoms with E-state index < -0.39 is 0 Å². The topological polar surface area (TPSA) is 26.0 Å².